The molecule has 1 fully saturated rings. The Bertz CT molecular complexity index is 483. The Kier molecular flexibility index (Phi) is 10.3. The highest BCUT2D eigenvalue weighted by atomic mass is 35.5. The fourth-order valence-corrected chi connectivity index (χ4v) is 3.07. The molecule has 0 bridgehead atoms. The predicted octanol–water partition coefficient (Wildman–Crippen LogP) is 3.03. The van der Waals surface area contributed by atoms with Crippen molar-refractivity contribution in [1.82, 2.24) is 10.2 Å². The van der Waals surface area contributed by atoms with Gasteiger partial charge in [0.05, 0.1) is 0 Å². The first-order valence-electron chi connectivity index (χ1n) is 7.85. The van der Waals surface area contributed by atoms with Gasteiger partial charge < -0.3 is 16.0 Å². The lowest BCUT2D eigenvalue weighted by atomic mass is 9.90. The van der Waals surface area contributed by atoms with E-state index in [1.54, 1.807) is 0 Å². The quantitative estimate of drug-likeness (QED) is 0.792. The van der Waals surface area contributed by atoms with Crippen molar-refractivity contribution in [3.63, 3.8) is 0 Å². The molecule has 1 aliphatic carbocycles. The van der Waals surface area contributed by atoms with Crippen LogP contribution in [0.5, 0.6) is 0 Å². The molecule has 132 valence electrons. The molecule has 1 aliphatic rings. The van der Waals surface area contributed by atoms with Gasteiger partial charge in [0.25, 0.3) is 0 Å². The van der Waals surface area contributed by atoms with E-state index in [2.05, 4.69) is 24.3 Å². The van der Waals surface area contributed by atoms with Gasteiger partial charge in [0.1, 0.15) is 0 Å². The Balaban J connectivity index is 0.00000242. The van der Waals surface area contributed by atoms with E-state index < -0.39 is 0 Å². The van der Waals surface area contributed by atoms with Crippen LogP contribution in [0.4, 0.5) is 5.69 Å². The highest BCUT2D eigenvalue weighted by Crippen LogP contribution is 2.21. The summed E-state index contributed by atoms with van der Waals surface area (Å²) in [5, 5.41) is 3.19. The summed E-state index contributed by atoms with van der Waals surface area (Å²) in [5.41, 5.74) is 7.74. The maximum Gasteiger partial charge on any atom is 0.220 e. The van der Waals surface area contributed by atoms with Gasteiger partial charge in [0, 0.05) is 24.2 Å². The van der Waals surface area contributed by atoms with Gasteiger partial charge >= 0.3 is 0 Å². The molecule has 3 N–H and O–H groups in total. The van der Waals surface area contributed by atoms with Crippen molar-refractivity contribution in [3.8, 4) is 0 Å². The average molecular weight is 362 g/mol. The number of nitrogens with one attached hydrogen (secondary N) is 1. The number of anilines is 1. The van der Waals surface area contributed by atoms with Crippen molar-refractivity contribution in [2.75, 3.05) is 19.8 Å². The molecule has 1 aromatic carbocycles. The van der Waals surface area contributed by atoms with Crippen LogP contribution in [0.1, 0.15) is 37.7 Å². The van der Waals surface area contributed by atoms with Crippen LogP contribution in [0.25, 0.3) is 0 Å². The first-order valence-corrected chi connectivity index (χ1v) is 7.85. The lowest BCUT2D eigenvalue weighted by Gasteiger charge is -2.33. The maximum absolute atomic E-state index is 12.1. The van der Waals surface area contributed by atoms with Crippen LogP contribution in [-0.2, 0) is 11.2 Å². The average Bonchev–Trinajstić information content (AvgIpc) is 2.46. The smallest absolute Gasteiger partial charge is 0.220 e. The third-order valence-corrected chi connectivity index (χ3v) is 4.42. The number of nitrogen functional groups attached to an aromatic ring is 1. The molecule has 6 heteroatoms. The molecule has 1 aromatic rings. The molecule has 23 heavy (non-hydrogen) atoms. The van der Waals surface area contributed by atoms with E-state index in [1.165, 1.54) is 12.8 Å². The molecule has 0 aromatic heterocycles. The number of hydrogen-bond acceptors (Lipinski definition) is 3. The standard InChI is InChI=1S/C17H27N3O.2ClH/c1-20(2)15-8-5-7-14(12-15)19-17(21)11-10-13-6-3-4-9-16(13)18;;/h3-4,6,9,14-15H,5,7-8,10-12,18H2,1-2H3,(H,19,21);2*1H. The molecular formula is C17H29Cl2N3O. The van der Waals surface area contributed by atoms with Crippen LogP contribution in [0.3, 0.4) is 0 Å². The molecular weight excluding hydrogens is 333 g/mol. The zero-order valence-electron chi connectivity index (χ0n) is 14.0. The van der Waals surface area contributed by atoms with E-state index in [-0.39, 0.29) is 30.7 Å². The Morgan fingerprint density at radius 1 is 1.26 bits per heavy atom. The predicted molar refractivity (Wildman–Crippen MR) is 102 cm³/mol. The highest BCUT2D eigenvalue weighted by molar-refractivity contribution is 5.85. The second kappa shape index (κ2) is 10.7. The molecule has 2 atom stereocenters. The fraction of sp³-hybridized carbons (Fsp3) is 0.588. The summed E-state index contributed by atoms with van der Waals surface area (Å²) in [5.74, 6) is 0.141. The van der Waals surface area contributed by atoms with Gasteiger partial charge in [-0.2, -0.15) is 0 Å². The van der Waals surface area contributed by atoms with Gasteiger partial charge in [0.15, 0.2) is 0 Å². The number of para-hydroxylation sites is 1. The van der Waals surface area contributed by atoms with E-state index in [0.29, 0.717) is 24.9 Å². The van der Waals surface area contributed by atoms with Crippen LogP contribution < -0.4 is 11.1 Å². The number of carbonyl (C=O) groups excluding carboxylic acids is 1. The minimum atomic E-state index is 0. The summed E-state index contributed by atoms with van der Waals surface area (Å²) in [4.78, 5) is 14.4. The van der Waals surface area contributed by atoms with Gasteiger partial charge in [-0.3, -0.25) is 4.79 Å². The number of halogens is 2. The summed E-state index contributed by atoms with van der Waals surface area (Å²) in [6, 6.07) is 8.68. The zero-order chi connectivity index (χ0) is 15.2. The highest BCUT2D eigenvalue weighted by Gasteiger charge is 2.24. The normalized spacial score (nSPS) is 20.3. The topological polar surface area (TPSA) is 58.4 Å². The van der Waals surface area contributed by atoms with Gasteiger partial charge in [-0.05, 0) is 57.8 Å². The summed E-state index contributed by atoms with van der Waals surface area (Å²) in [6.45, 7) is 0. The lowest BCUT2D eigenvalue weighted by molar-refractivity contribution is -0.122. The minimum absolute atomic E-state index is 0. The van der Waals surface area contributed by atoms with Crippen molar-refractivity contribution in [2.45, 2.75) is 50.6 Å². The van der Waals surface area contributed by atoms with Gasteiger partial charge in [0.2, 0.25) is 5.91 Å². The van der Waals surface area contributed by atoms with Crippen LogP contribution in [0, 0.1) is 0 Å². The Hall–Kier alpha value is -0.970. The largest absolute Gasteiger partial charge is 0.399 e. The van der Waals surface area contributed by atoms with Crippen LogP contribution in [0.2, 0.25) is 0 Å². The Labute approximate surface area is 152 Å². The molecule has 2 unspecified atom stereocenters. The van der Waals surface area contributed by atoms with Crippen LogP contribution in [0.15, 0.2) is 24.3 Å². The molecule has 2 rings (SSSR count). The van der Waals surface area contributed by atoms with Crippen molar-refractivity contribution in [2.24, 2.45) is 0 Å². The summed E-state index contributed by atoms with van der Waals surface area (Å²) in [6.07, 6.45) is 5.81. The van der Waals surface area contributed by atoms with Crippen LogP contribution in [-0.4, -0.2) is 37.0 Å². The lowest BCUT2D eigenvalue weighted by Crippen LogP contribution is -2.43. The van der Waals surface area contributed by atoms with E-state index in [0.717, 1.165) is 24.1 Å². The zero-order valence-corrected chi connectivity index (χ0v) is 15.6. The van der Waals surface area contributed by atoms with E-state index in [4.69, 9.17) is 5.73 Å². The van der Waals surface area contributed by atoms with Gasteiger partial charge in [-0.25, -0.2) is 0 Å². The second-order valence-corrected chi connectivity index (χ2v) is 6.25. The summed E-state index contributed by atoms with van der Waals surface area (Å²) >= 11 is 0. The monoisotopic (exact) mass is 361 g/mol. The van der Waals surface area contributed by atoms with Gasteiger partial charge in [-0.15, -0.1) is 24.8 Å². The number of nitrogens with zero attached hydrogens (tertiary/aromatic N) is 1. The number of nitrogens with two attached hydrogens (primary N) is 1. The summed E-state index contributed by atoms with van der Waals surface area (Å²) < 4.78 is 0. The fourth-order valence-electron chi connectivity index (χ4n) is 3.07. The SMILES string of the molecule is CN(C)C1CCCC(NC(=O)CCc2ccccc2N)C1.Cl.Cl. The van der Waals surface area contributed by atoms with E-state index >= 15 is 0 Å². The van der Waals surface area contributed by atoms with E-state index in [1.807, 2.05) is 24.3 Å². The first-order chi connectivity index (χ1) is 10.1. The molecule has 0 saturated heterocycles. The number of aryl methyl sites for hydroxylation is 1. The molecule has 0 heterocycles. The number of carbonyl (C=O) groups is 1. The minimum Gasteiger partial charge on any atom is -0.399 e. The second-order valence-electron chi connectivity index (χ2n) is 6.25. The van der Waals surface area contributed by atoms with Crippen molar-refractivity contribution in [1.29, 1.82) is 0 Å². The van der Waals surface area contributed by atoms with E-state index in [9.17, 15) is 4.79 Å². The number of amides is 1. The van der Waals surface area contributed by atoms with Crippen LogP contribution >= 0.6 is 24.8 Å². The number of rotatable bonds is 5. The van der Waals surface area contributed by atoms with Crippen molar-refractivity contribution >= 4 is 36.4 Å². The third-order valence-electron chi connectivity index (χ3n) is 4.42. The molecule has 4 nitrogen and oxygen atoms in total. The Morgan fingerprint density at radius 3 is 2.61 bits per heavy atom. The number of hydrogen-bond donors (Lipinski definition) is 2. The molecule has 0 radical (unpaired) electrons. The maximum atomic E-state index is 12.1. The first kappa shape index (κ1) is 22.0. The molecule has 1 amide bonds. The molecule has 0 aliphatic heterocycles. The number of benzene rings is 1. The van der Waals surface area contributed by atoms with Crippen molar-refractivity contribution in [3.05, 3.63) is 29.8 Å². The third kappa shape index (κ3) is 6.98. The molecule has 1 saturated carbocycles. The summed E-state index contributed by atoms with van der Waals surface area (Å²) in [7, 11) is 4.24. The Morgan fingerprint density at radius 2 is 1.96 bits per heavy atom. The van der Waals surface area contributed by atoms with Crippen molar-refractivity contribution < 1.29 is 4.79 Å². The van der Waals surface area contributed by atoms with Gasteiger partial charge in [-0.1, -0.05) is 18.2 Å². The molecule has 0 spiro atoms.